The van der Waals surface area contributed by atoms with Gasteiger partial charge >= 0.3 is 0 Å². The van der Waals surface area contributed by atoms with Gasteiger partial charge in [0.2, 0.25) is 0 Å². The van der Waals surface area contributed by atoms with Gasteiger partial charge in [-0.1, -0.05) is 26.0 Å². The lowest BCUT2D eigenvalue weighted by Gasteiger charge is -2.35. The lowest BCUT2D eigenvalue weighted by atomic mass is 10.0. The van der Waals surface area contributed by atoms with E-state index in [4.69, 9.17) is 9.15 Å². The first-order valence-electron chi connectivity index (χ1n) is 10.6. The maximum Gasteiger partial charge on any atom is 0.260 e. The average molecular weight is 421 g/mol. The third-order valence-electron chi connectivity index (χ3n) is 5.52. The number of hydrogen-bond acceptors (Lipinski definition) is 6. The van der Waals surface area contributed by atoms with E-state index < -0.39 is 0 Å². The van der Waals surface area contributed by atoms with Crippen molar-refractivity contribution in [1.82, 2.24) is 15.1 Å². The maximum absolute atomic E-state index is 12.7. The molecular formula is C24H28N4O3. The summed E-state index contributed by atoms with van der Waals surface area (Å²) >= 11 is 0. The van der Waals surface area contributed by atoms with Crippen molar-refractivity contribution in [3.8, 4) is 17.2 Å². The van der Waals surface area contributed by atoms with Crippen molar-refractivity contribution >= 4 is 11.7 Å². The lowest BCUT2D eigenvalue weighted by Crippen LogP contribution is -2.50. The number of aromatic nitrogens is 2. The first-order chi connectivity index (χ1) is 15.0. The summed E-state index contributed by atoms with van der Waals surface area (Å²) in [5.41, 5.74) is 2.95. The van der Waals surface area contributed by atoms with Crippen LogP contribution < -0.4 is 9.64 Å². The number of carbonyl (C=O) groups excluding carboxylic acids is 1. The molecule has 3 heterocycles. The predicted molar refractivity (Wildman–Crippen MR) is 119 cm³/mol. The topological polar surface area (TPSA) is 71.7 Å². The summed E-state index contributed by atoms with van der Waals surface area (Å²) in [4.78, 5) is 16.7. The number of furan rings is 1. The number of benzene rings is 1. The van der Waals surface area contributed by atoms with Gasteiger partial charge < -0.3 is 19.0 Å². The zero-order valence-corrected chi connectivity index (χ0v) is 18.2. The zero-order valence-electron chi connectivity index (χ0n) is 18.2. The van der Waals surface area contributed by atoms with Crippen LogP contribution in [0.4, 0.5) is 5.82 Å². The van der Waals surface area contributed by atoms with Crippen LogP contribution in [0.2, 0.25) is 0 Å². The van der Waals surface area contributed by atoms with E-state index in [9.17, 15) is 4.79 Å². The summed E-state index contributed by atoms with van der Waals surface area (Å²) in [6.45, 7) is 9.03. The van der Waals surface area contributed by atoms with Gasteiger partial charge in [0.1, 0.15) is 11.4 Å². The zero-order chi connectivity index (χ0) is 21.8. The number of nitrogens with zero attached hydrogens (tertiary/aromatic N) is 4. The molecule has 31 heavy (non-hydrogen) atoms. The Balaban J connectivity index is 1.31. The third-order valence-corrected chi connectivity index (χ3v) is 5.52. The standard InChI is InChI=1S/C24H28N4O3/c1-17(2)19-7-6-18(3)15-22(19)31-16-24(29)28-12-10-27(11-13-28)23-9-8-20(25-26-23)21-5-4-14-30-21/h4-9,14-15,17H,10-13,16H2,1-3H3. The quantitative estimate of drug-likeness (QED) is 0.602. The van der Waals surface area contributed by atoms with Gasteiger partial charge in [-0.3, -0.25) is 4.79 Å². The summed E-state index contributed by atoms with van der Waals surface area (Å²) < 4.78 is 11.3. The minimum absolute atomic E-state index is 0.00936. The van der Waals surface area contributed by atoms with Gasteiger partial charge in [-0.15, -0.1) is 10.2 Å². The summed E-state index contributed by atoms with van der Waals surface area (Å²) in [6, 6.07) is 13.7. The van der Waals surface area contributed by atoms with Gasteiger partial charge in [-0.05, 0) is 54.3 Å². The molecule has 1 fully saturated rings. The number of anilines is 1. The van der Waals surface area contributed by atoms with Gasteiger partial charge in [0.05, 0.1) is 6.26 Å². The molecule has 0 atom stereocenters. The Morgan fingerprint density at radius 3 is 2.55 bits per heavy atom. The summed E-state index contributed by atoms with van der Waals surface area (Å²) in [5, 5.41) is 8.58. The van der Waals surface area contributed by atoms with Crippen LogP contribution in [0.3, 0.4) is 0 Å². The SMILES string of the molecule is Cc1ccc(C(C)C)c(OCC(=O)N2CCN(c3ccc(-c4ccco4)nn3)CC2)c1. The Morgan fingerprint density at radius 2 is 1.90 bits per heavy atom. The lowest BCUT2D eigenvalue weighted by molar-refractivity contribution is -0.133. The van der Waals surface area contributed by atoms with E-state index >= 15 is 0 Å². The minimum Gasteiger partial charge on any atom is -0.483 e. The van der Waals surface area contributed by atoms with E-state index in [0.717, 1.165) is 22.7 Å². The highest BCUT2D eigenvalue weighted by Crippen LogP contribution is 2.27. The van der Waals surface area contributed by atoms with Crippen molar-refractivity contribution in [1.29, 1.82) is 0 Å². The molecule has 3 aromatic rings. The van der Waals surface area contributed by atoms with Crippen molar-refractivity contribution in [3.05, 3.63) is 59.9 Å². The molecule has 162 valence electrons. The van der Waals surface area contributed by atoms with Crippen LogP contribution in [0.25, 0.3) is 11.5 Å². The number of piperazine rings is 1. The fraction of sp³-hybridized carbons (Fsp3) is 0.375. The van der Waals surface area contributed by atoms with E-state index in [1.807, 2.05) is 42.2 Å². The van der Waals surface area contributed by atoms with Crippen molar-refractivity contribution < 1.29 is 13.9 Å². The molecule has 1 saturated heterocycles. The normalized spacial score (nSPS) is 14.2. The van der Waals surface area contributed by atoms with Crippen molar-refractivity contribution in [3.63, 3.8) is 0 Å². The molecule has 0 N–H and O–H groups in total. The molecule has 1 aromatic carbocycles. The highest BCUT2D eigenvalue weighted by atomic mass is 16.5. The van der Waals surface area contributed by atoms with Crippen LogP contribution in [0.5, 0.6) is 5.75 Å². The molecule has 1 aliphatic rings. The average Bonchev–Trinajstić information content (AvgIpc) is 3.32. The van der Waals surface area contributed by atoms with Gasteiger partial charge in [0, 0.05) is 26.2 Å². The highest BCUT2D eigenvalue weighted by Gasteiger charge is 2.23. The predicted octanol–water partition coefficient (Wildman–Crippen LogP) is 3.90. The fourth-order valence-corrected chi connectivity index (χ4v) is 3.71. The summed E-state index contributed by atoms with van der Waals surface area (Å²) in [7, 11) is 0. The Kier molecular flexibility index (Phi) is 6.21. The fourth-order valence-electron chi connectivity index (χ4n) is 3.71. The number of amides is 1. The molecule has 1 amide bonds. The van der Waals surface area contributed by atoms with Crippen molar-refractivity contribution in [2.24, 2.45) is 0 Å². The van der Waals surface area contributed by atoms with Crippen LogP contribution in [0.1, 0.15) is 30.9 Å². The smallest absolute Gasteiger partial charge is 0.260 e. The van der Waals surface area contributed by atoms with E-state index in [-0.39, 0.29) is 12.5 Å². The van der Waals surface area contributed by atoms with Crippen LogP contribution in [0, 0.1) is 6.92 Å². The second-order valence-electron chi connectivity index (χ2n) is 8.11. The second kappa shape index (κ2) is 9.20. The Morgan fingerprint density at radius 1 is 1.10 bits per heavy atom. The van der Waals surface area contributed by atoms with Gasteiger partial charge in [0.15, 0.2) is 18.2 Å². The van der Waals surface area contributed by atoms with Crippen molar-refractivity contribution in [2.45, 2.75) is 26.7 Å². The van der Waals surface area contributed by atoms with Crippen molar-refractivity contribution in [2.75, 3.05) is 37.7 Å². The summed E-state index contributed by atoms with van der Waals surface area (Å²) in [6.07, 6.45) is 1.62. The molecule has 0 bridgehead atoms. The van der Waals surface area contributed by atoms with Crippen LogP contribution in [-0.2, 0) is 4.79 Å². The summed E-state index contributed by atoms with van der Waals surface area (Å²) in [5.74, 6) is 2.65. The van der Waals surface area contributed by atoms with Crippen LogP contribution >= 0.6 is 0 Å². The molecule has 0 aliphatic carbocycles. The Bertz CT molecular complexity index is 1010. The molecule has 0 radical (unpaired) electrons. The molecule has 4 rings (SSSR count). The molecule has 7 nitrogen and oxygen atoms in total. The van der Waals surface area contributed by atoms with E-state index in [0.29, 0.717) is 43.6 Å². The largest absolute Gasteiger partial charge is 0.483 e. The molecule has 7 heteroatoms. The van der Waals surface area contributed by atoms with Gasteiger partial charge in [-0.25, -0.2) is 0 Å². The van der Waals surface area contributed by atoms with E-state index in [1.54, 1.807) is 6.26 Å². The third kappa shape index (κ3) is 4.87. The van der Waals surface area contributed by atoms with E-state index in [1.165, 1.54) is 0 Å². The number of ether oxygens (including phenoxy) is 1. The Labute approximate surface area is 182 Å². The molecule has 0 saturated carbocycles. The number of aryl methyl sites for hydroxylation is 1. The molecule has 1 aliphatic heterocycles. The molecule has 0 unspecified atom stereocenters. The number of hydrogen-bond donors (Lipinski definition) is 0. The van der Waals surface area contributed by atoms with Gasteiger partial charge in [0.25, 0.3) is 5.91 Å². The Hall–Kier alpha value is -3.35. The molecule has 2 aromatic heterocycles. The first kappa shape index (κ1) is 20.9. The highest BCUT2D eigenvalue weighted by molar-refractivity contribution is 5.78. The van der Waals surface area contributed by atoms with Crippen LogP contribution in [0.15, 0.2) is 53.1 Å². The minimum atomic E-state index is 0.00936. The number of carbonyl (C=O) groups is 1. The first-order valence-corrected chi connectivity index (χ1v) is 10.6. The molecular weight excluding hydrogens is 392 g/mol. The van der Waals surface area contributed by atoms with Gasteiger partial charge in [-0.2, -0.15) is 0 Å². The molecule has 0 spiro atoms. The van der Waals surface area contributed by atoms with Crippen LogP contribution in [-0.4, -0.2) is 53.8 Å². The second-order valence-corrected chi connectivity index (χ2v) is 8.11. The number of rotatable bonds is 6. The maximum atomic E-state index is 12.7. The monoisotopic (exact) mass is 420 g/mol. The van der Waals surface area contributed by atoms with E-state index in [2.05, 4.69) is 41.1 Å².